The van der Waals surface area contributed by atoms with Crippen LogP contribution in [0, 0.1) is 0 Å². The quantitative estimate of drug-likeness (QED) is 0.761. The van der Waals surface area contributed by atoms with Crippen molar-refractivity contribution in [2.45, 2.75) is 58.0 Å². The highest BCUT2D eigenvalue weighted by atomic mass is 16.5. The molecule has 0 bridgehead atoms. The molecule has 2 heteroatoms. The second-order valence-corrected chi connectivity index (χ2v) is 6.33. The average Bonchev–Trinajstić information content (AvgIpc) is 2.86. The normalized spacial score (nSPS) is 23.6. The van der Waals surface area contributed by atoms with Gasteiger partial charge in [0.15, 0.2) is 5.78 Å². The number of ether oxygens (including phenoxy) is 1. The fourth-order valence-electron chi connectivity index (χ4n) is 2.54. The molecule has 0 saturated carbocycles. The number of ketones is 1. The van der Waals surface area contributed by atoms with Gasteiger partial charge in [0.1, 0.15) is 5.60 Å². The van der Waals surface area contributed by atoms with Crippen LogP contribution in [0.5, 0.6) is 0 Å². The van der Waals surface area contributed by atoms with Crippen LogP contribution in [0.15, 0.2) is 24.3 Å². The number of rotatable bonds is 4. The van der Waals surface area contributed by atoms with Crippen LogP contribution in [-0.4, -0.2) is 18.0 Å². The maximum absolute atomic E-state index is 12.5. The maximum Gasteiger partial charge on any atom is 0.194 e. The smallest absolute Gasteiger partial charge is 0.194 e. The van der Waals surface area contributed by atoms with E-state index >= 15 is 0 Å². The Bertz CT molecular complexity index is 451. The van der Waals surface area contributed by atoms with Crippen molar-refractivity contribution in [3.63, 3.8) is 0 Å². The fourth-order valence-corrected chi connectivity index (χ4v) is 2.54. The molecular formula is C17H24O2. The van der Waals surface area contributed by atoms with Crippen molar-refractivity contribution in [1.82, 2.24) is 0 Å². The highest BCUT2D eigenvalue weighted by Crippen LogP contribution is 2.31. The lowest BCUT2D eigenvalue weighted by Gasteiger charge is -2.25. The summed E-state index contributed by atoms with van der Waals surface area (Å²) in [4.78, 5) is 12.5. The molecule has 0 N–H and O–H groups in total. The van der Waals surface area contributed by atoms with Gasteiger partial charge in [-0.05, 0) is 37.2 Å². The molecule has 0 radical (unpaired) electrons. The van der Waals surface area contributed by atoms with Crippen LogP contribution in [0.1, 0.15) is 62.9 Å². The molecule has 1 aliphatic rings. The Morgan fingerprint density at radius 2 is 1.95 bits per heavy atom. The number of hydrogen-bond acceptors (Lipinski definition) is 2. The molecule has 1 unspecified atom stereocenters. The van der Waals surface area contributed by atoms with Crippen LogP contribution >= 0.6 is 0 Å². The number of carbonyl (C=O) groups is 1. The van der Waals surface area contributed by atoms with Crippen LogP contribution in [0.2, 0.25) is 0 Å². The molecule has 1 aliphatic heterocycles. The third kappa shape index (κ3) is 2.74. The van der Waals surface area contributed by atoms with Gasteiger partial charge in [-0.2, -0.15) is 0 Å². The molecule has 1 atom stereocenters. The molecule has 1 fully saturated rings. The van der Waals surface area contributed by atoms with Gasteiger partial charge in [0, 0.05) is 12.2 Å². The molecule has 104 valence electrons. The van der Waals surface area contributed by atoms with E-state index < -0.39 is 5.60 Å². The summed E-state index contributed by atoms with van der Waals surface area (Å²) in [6, 6.07) is 8.05. The van der Waals surface area contributed by atoms with Gasteiger partial charge in [0.05, 0.1) is 0 Å². The molecular weight excluding hydrogens is 236 g/mol. The molecule has 1 saturated heterocycles. The van der Waals surface area contributed by atoms with Crippen molar-refractivity contribution in [3.05, 3.63) is 35.4 Å². The third-order valence-electron chi connectivity index (χ3n) is 4.51. The molecule has 19 heavy (non-hydrogen) atoms. The van der Waals surface area contributed by atoms with Crippen LogP contribution in [0.4, 0.5) is 0 Å². The summed E-state index contributed by atoms with van der Waals surface area (Å²) in [6.45, 7) is 9.25. The van der Waals surface area contributed by atoms with E-state index in [9.17, 15) is 4.79 Å². The maximum atomic E-state index is 12.5. The van der Waals surface area contributed by atoms with Crippen molar-refractivity contribution >= 4 is 5.78 Å². The van der Waals surface area contributed by atoms with E-state index in [1.807, 2.05) is 19.1 Å². The second-order valence-electron chi connectivity index (χ2n) is 6.33. The standard InChI is InChI=1S/C17H24O2/c1-5-16(2,3)14-9-7-13(8-10-14)15(18)17(4)11-6-12-19-17/h7-10H,5-6,11-12H2,1-4H3. The Labute approximate surface area is 116 Å². The van der Waals surface area contributed by atoms with Gasteiger partial charge >= 0.3 is 0 Å². The predicted molar refractivity (Wildman–Crippen MR) is 77.7 cm³/mol. The summed E-state index contributed by atoms with van der Waals surface area (Å²) >= 11 is 0. The number of carbonyl (C=O) groups excluding carboxylic acids is 1. The summed E-state index contributed by atoms with van der Waals surface area (Å²) in [5.41, 5.74) is 1.60. The van der Waals surface area contributed by atoms with Gasteiger partial charge in [-0.15, -0.1) is 0 Å². The molecule has 1 aromatic rings. The lowest BCUT2D eigenvalue weighted by atomic mass is 9.81. The zero-order valence-electron chi connectivity index (χ0n) is 12.5. The van der Waals surface area contributed by atoms with Crippen molar-refractivity contribution < 1.29 is 9.53 Å². The van der Waals surface area contributed by atoms with E-state index in [-0.39, 0.29) is 11.2 Å². The van der Waals surface area contributed by atoms with Gasteiger partial charge in [-0.25, -0.2) is 0 Å². The summed E-state index contributed by atoms with van der Waals surface area (Å²) in [5, 5.41) is 0. The first-order valence-electron chi connectivity index (χ1n) is 7.18. The first-order valence-corrected chi connectivity index (χ1v) is 7.18. The van der Waals surface area contributed by atoms with Gasteiger partial charge in [-0.3, -0.25) is 4.79 Å². The Kier molecular flexibility index (Phi) is 3.82. The fraction of sp³-hybridized carbons (Fsp3) is 0.588. The van der Waals surface area contributed by atoms with Crippen LogP contribution in [-0.2, 0) is 10.2 Å². The first kappa shape index (κ1) is 14.3. The van der Waals surface area contributed by atoms with E-state index in [2.05, 4.69) is 32.9 Å². The van der Waals surface area contributed by atoms with Crippen molar-refractivity contribution in [3.8, 4) is 0 Å². The molecule has 2 rings (SSSR count). The molecule has 0 aliphatic carbocycles. The van der Waals surface area contributed by atoms with Gasteiger partial charge in [0.2, 0.25) is 0 Å². The average molecular weight is 260 g/mol. The molecule has 0 amide bonds. The minimum absolute atomic E-state index is 0.117. The molecule has 0 aromatic heterocycles. The zero-order valence-corrected chi connectivity index (χ0v) is 12.5. The van der Waals surface area contributed by atoms with Gasteiger partial charge < -0.3 is 4.74 Å². The van der Waals surface area contributed by atoms with E-state index in [0.29, 0.717) is 6.61 Å². The van der Waals surface area contributed by atoms with E-state index in [0.717, 1.165) is 24.8 Å². The molecule has 1 aromatic carbocycles. The second kappa shape index (κ2) is 5.09. The molecule has 0 spiro atoms. The Balaban J connectivity index is 2.21. The van der Waals surface area contributed by atoms with Crippen LogP contribution < -0.4 is 0 Å². The van der Waals surface area contributed by atoms with Crippen LogP contribution in [0.25, 0.3) is 0 Å². The SMILES string of the molecule is CCC(C)(C)c1ccc(C(=O)C2(C)CCCO2)cc1. The zero-order chi connectivity index (χ0) is 14.1. The highest BCUT2D eigenvalue weighted by molar-refractivity contribution is 6.02. The summed E-state index contributed by atoms with van der Waals surface area (Å²) in [6.07, 6.45) is 2.89. The van der Waals surface area contributed by atoms with E-state index in [4.69, 9.17) is 4.74 Å². The monoisotopic (exact) mass is 260 g/mol. The number of hydrogen-bond donors (Lipinski definition) is 0. The minimum Gasteiger partial charge on any atom is -0.367 e. The van der Waals surface area contributed by atoms with Gasteiger partial charge in [-0.1, -0.05) is 45.0 Å². The number of benzene rings is 1. The Hall–Kier alpha value is -1.15. The largest absolute Gasteiger partial charge is 0.367 e. The lowest BCUT2D eigenvalue weighted by molar-refractivity contribution is 0.0213. The third-order valence-corrected chi connectivity index (χ3v) is 4.51. The lowest BCUT2D eigenvalue weighted by Crippen LogP contribution is -2.34. The van der Waals surface area contributed by atoms with Crippen molar-refractivity contribution in [2.24, 2.45) is 0 Å². The first-order chi connectivity index (χ1) is 8.89. The summed E-state index contributed by atoms with van der Waals surface area (Å²) < 4.78 is 5.63. The topological polar surface area (TPSA) is 26.3 Å². The van der Waals surface area contributed by atoms with Crippen LogP contribution in [0.3, 0.4) is 0 Å². The molecule has 1 heterocycles. The van der Waals surface area contributed by atoms with Crippen molar-refractivity contribution in [2.75, 3.05) is 6.61 Å². The van der Waals surface area contributed by atoms with Gasteiger partial charge in [0.25, 0.3) is 0 Å². The molecule has 2 nitrogen and oxygen atoms in total. The van der Waals surface area contributed by atoms with E-state index in [1.165, 1.54) is 5.56 Å². The summed E-state index contributed by atoms with van der Waals surface area (Å²) in [5.74, 6) is 0.117. The number of Topliss-reactive ketones (excluding diaryl/α,β-unsaturated/α-hetero) is 1. The minimum atomic E-state index is -0.609. The summed E-state index contributed by atoms with van der Waals surface area (Å²) in [7, 11) is 0. The highest BCUT2D eigenvalue weighted by Gasteiger charge is 2.38. The predicted octanol–water partition coefficient (Wildman–Crippen LogP) is 4.13. The van der Waals surface area contributed by atoms with E-state index in [1.54, 1.807) is 0 Å². The Morgan fingerprint density at radius 1 is 1.32 bits per heavy atom. The van der Waals surface area contributed by atoms with Crippen molar-refractivity contribution in [1.29, 1.82) is 0 Å². The Morgan fingerprint density at radius 3 is 2.42 bits per heavy atom.